The molecular weight excluding hydrogens is 307 g/mol. The minimum atomic E-state index is -2.92. The Balaban J connectivity index is 1.54. The number of para-hydroxylation sites is 1. The molecule has 1 aliphatic rings. The summed E-state index contributed by atoms with van der Waals surface area (Å²) in [5, 5.41) is 0. The first kappa shape index (κ1) is 18.5. The molecule has 1 aliphatic heterocycles. The SMILES string of the molecule is CCCCCCCCCCCCP1(=O)OCc2ccccc2O1. The fourth-order valence-corrected chi connectivity index (χ4v) is 4.66. The lowest BCUT2D eigenvalue weighted by molar-refractivity contribution is 0.231. The second kappa shape index (κ2) is 10.2. The molecule has 0 radical (unpaired) electrons. The van der Waals surface area contributed by atoms with E-state index in [-0.39, 0.29) is 0 Å². The van der Waals surface area contributed by atoms with Crippen molar-refractivity contribution >= 4 is 7.60 Å². The van der Waals surface area contributed by atoms with Crippen LogP contribution in [0.4, 0.5) is 0 Å². The summed E-state index contributed by atoms with van der Waals surface area (Å²) in [7, 11) is -2.92. The average Bonchev–Trinajstić information content (AvgIpc) is 2.56. The van der Waals surface area contributed by atoms with Gasteiger partial charge in [-0.2, -0.15) is 0 Å². The highest BCUT2D eigenvalue weighted by Gasteiger charge is 2.30. The van der Waals surface area contributed by atoms with Crippen molar-refractivity contribution in [3.8, 4) is 5.75 Å². The molecule has 0 fully saturated rings. The Hall–Kier alpha value is -0.790. The van der Waals surface area contributed by atoms with Crippen LogP contribution >= 0.6 is 7.60 Å². The molecule has 1 aromatic rings. The molecule has 1 unspecified atom stereocenters. The zero-order chi connectivity index (χ0) is 16.4. The van der Waals surface area contributed by atoms with Gasteiger partial charge in [-0.15, -0.1) is 0 Å². The van der Waals surface area contributed by atoms with Gasteiger partial charge in [0.1, 0.15) is 5.75 Å². The Morgan fingerprint density at radius 2 is 1.52 bits per heavy atom. The molecule has 0 spiro atoms. The first-order chi connectivity index (χ1) is 11.2. The highest BCUT2D eigenvalue weighted by atomic mass is 31.2. The van der Waals surface area contributed by atoms with Crippen LogP contribution < -0.4 is 4.52 Å². The number of fused-ring (bicyclic) bond motifs is 1. The minimum absolute atomic E-state index is 0.408. The van der Waals surface area contributed by atoms with Gasteiger partial charge in [0.25, 0.3) is 0 Å². The van der Waals surface area contributed by atoms with Crippen LogP contribution in [0, 0.1) is 0 Å². The van der Waals surface area contributed by atoms with E-state index in [1.54, 1.807) is 0 Å². The van der Waals surface area contributed by atoms with Crippen molar-refractivity contribution in [3.05, 3.63) is 29.8 Å². The first-order valence-electron chi connectivity index (χ1n) is 9.24. The monoisotopic (exact) mass is 338 g/mol. The molecule has 3 nitrogen and oxygen atoms in total. The standard InChI is InChI=1S/C19H31O3P/c1-2-3-4-5-6-7-8-9-10-13-16-23(20)21-17-18-14-11-12-15-19(18)22-23/h11-12,14-15H,2-10,13,16-17H2,1H3. The quantitative estimate of drug-likeness (QED) is 0.332. The summed E-state index contributed by atoms with van der Waals surface area (Å²) in [6.07, 6.45) is 13.3. The Kier molecular flexibility index (Phi) is 8.19. The van der Waals surface area contributed by atoms with Crippen LogP contribution in [0.15, 0.2) is 24.3 Å². The molecule has 0 bridgehead atoms. The van der Waals surface area contributed by atoms with Gasteiger partial charge >= 0.3 is 7.60 Å². The fourth-order valence-electron chi connectivity index (χ4n) is 2.96. The third-order valence-electron chi connectivity index (χ3n) is 4.41. The molecule has 23 heavy (non-hydrogen) atoms. The van der Waals surface area contributed by atoms with E-state index in [2.05, 4.69) is 6.92 Å². The lowest BCUT2D eigenvalue weighted by atomic mass is 10.1. The van der Waals surface area contributed by atoms with Crippen molar-refractivity contribution in [1.29, 1.82) is 0 Å². The molecule has 0 N–H and O–H groups in total. The lowest BCUT2D eigenvalue weighted by Gasteiger charge is -2.25. The second-order valence-corrected chi connectivity index (χ2v) is 8.60. The van der Waals surface area contributed by atoms with Crippen molar-refractivity contribution in [2.45, 2.75) is 77.7 Å². The van der Waals surface area contributed by atoms with Crippen LogP contribution in [-0.2, 0) is 15.7 Å². The number of hydrogen-bond donors (Lipinski definition) is 0. The van der Waals surface area contributed by atoms with E-state index in [0.29, 0.717) is 12.8 Å². The molecule has 0 aliphatic carbocycles. The fraction of sp³-hybridized carbons (Fsp3) is 0.684. The Labute approximate surface area is 141 Å². The smallest absolute Gasteiger partial charge is 0.379 e. The molecule has 4 heteroatoms. The summed E-state index contributed by atoms with van der Waals surface area (Å²) >= 11 is 0. The van der Waals surface area contributed by atoms with E-state index in [9.17, 15) is 4.57 Å². The molecule has 1 atom stereocenters. The van der Waals surface area contributed by atoms with Crippen LogP contribution in [0.2, 0.25) is 0 Å². The van der Waals surface area contributed by atoms with E-state index < -0.39 is 7.60 Å². The summed E-state index contributed by atoms with van der Waals surface area (Å²) in [6, 6.07) is 7.70. The van der Waals surface area contributed by atoms with Crippen molar-refractivity contribution in [2.24, 2.45) is 0 Å². The lowest BCUT2D eigenvalue weighted by Crippen LogP contribution is -2.09. The number of hydrogen-bond acceptors (Lipinski definition) is 3. The van der Waals surface area contributed by atoms with Gasteiger partial charge in [-0.25, -0.2) is 4.57 Å². The van der Waals surface area contributed by atoms with E-state index in [1.165, 1.54) is 51.4 Å². The molecular formula is C19H31O3P. The van der Waals surface area contributed by atoms with Gasteiger partial charge in [-0.3, -0.25) is 4.52 Å². The van der Waals surface area contributed by atoms with E-state index in [0.717, 1.165) is 24.2 Å². The normalized spacial score (nSPS) is 20.0. The van der Waals surface area contributed by atoms with Crippen molar-refractivity contribution in [2.75, 3.05) is 6.16 Å². The summed E-state index contributed by atoms with van der Waals surface area (Å²) < 4.78 is 23.7. The maximum absolute atomic E-state index is 12.6. The maximum atomic E-state index is 12.6. The summed E-state index contributed by atoms with van der Waals surface area (Å²) in [5.74, 6) is 0.731. The minimum Gasteiger partial charge on any atom is -0.424 e. The van der Waals surface area contributed by atoms with Crippen LogP contribution in [0.1, 0.15) is 76.7 Å². The van der Waals surface area contributed by atoms with Crippen molar-refractivity contribution in [1.82, 2.24) is 0 Å². The van der Waals surface area contributed by atoms with Crippen LogP contribution in [-0.4, -0.2) is 6.16 Å². The average molecular weight is 338 g/mol. The van der Waals surface area contributed by atoms with Gasteiger partial charge in [0, 0.05) is 5.56 Å². The van der Waals surface area contributed by atoms with Gasteiger partial charge in [0.2, 0.25) is 0 Å². The van der Waals surface area contributed by atoms with Crippen LogP contribution in [0.3, 0.4) is 0 Å². The van der Waals surface area contributed by atoms with E-state index in [4.69, 9.17) is 9.05 Å². The Morgan fingerprint density at radius 3 is 2.22 bits per heavy atom. The zero-order valence-electron chi connectivity index (χ0n) is 14.5. The summed E-state index contributed by atoms with van der Waals surface area (Å²) in [5.41, 5.74) is 0.988. The number of unbranched alkanes of at least 4 members (excludes halogenated alkanes) is 9. The third kappa shape index (κ3) is 6.69. The molecule has 0 aromatic heterocycles. The van der Waals surface area contributed by atoms with Crippen LogP contribution in [0.25, 0.3) is 0 Å². The molecule has 0 saturated carbocycles. The Morgan fingerprint density at radius 1 is 0.913 bits per heavy atom. The van der Waals surface area contributed by atoms with E-state index >= 15 is 0 Å². The number of benzene rings is 1. The largest absolute Gasteiger partial charge is 0.424 e. The second-order valence-electron chi connectivity index (χ2n) is 6.49. The predicted molar refractivity (Wildman–Crippen MR) is 96.2 cm³/mol. The van der Waals surface area contributed by atoms with Gasteiger partial charge in [0.05, 0.1) is 12.8 Å². The topological polar surface area (TPSA) is 35.5 Å². The molecule has 0 saturated heterocycles. The molecule has 1 heterocycles. The van der Waals surface area contributed by atoms with E-state index in [1.807, 2.05) is 24.3 Å². The Bertz CT molecular complexity index is 501. The van der Waals surface area contributed by atoms with Crippen LogP contribution in [0.5, 0.6) is 5.75 Å². The molecule has 1 aromatic carbocycles. The highest BCUT2D eigenvalue weighted by Crippen LogP contribution is 2.53. The number of rotatable bonds is 11. The zero-order valence-corrected chi connectivity index (χ0v) is 15.4. The molecule has 0 amide bonds. The molecule has 2 rings (SSSR count). The summed E-state index contributed by atoms with van der Waals surface area (Å²) in [6.45, 7) is 2.66. The van der Waals surface area contributed by atoms with Gasteiger partial charge < -0.3 is 4.52 Å². The van der Waals surface area contributed by atoms with Crippen molar-refractivity contribution < 1.29 is 13.6 Å². The van der Waals surface area contributed by atoms with Gasteiger partial charge in [-0.1, -0.05) is 82.9 Å². The highest BCUT2D eigenvalue weighted by molar-refractivity contribution is 7.54. The van der Waals surface area contributed by atoms with Crippen molar-refractivity contribution in [3.63, 3.8) is 0 Å². The van der Waals surface area contributed by atoms with Gasteiger partial charge in [0.15, 0.2) is 0 Å². The first-order valence-corrected chi connectivity index (χ1v) is 11.0. The third-order valence-corrected chi connectivity index (χ3v) is 6.27. The van der Waals surface area contributed by atoms with Gasteiger partial charge in [-0.05, 0) is 12.5 Å². The summed E-state index contributed by atoms with van der Waals surface area (Å²) in [4.78, 5) is 0. The maximum Gasteiger partial charge on any atom is 0.379 e. The molecule has 130 valence electrons. The predicted octanol–water partition coefficient (Wildman–Crippen LogP) is 6.71.